The second-order valence-corrected chi connectivity index (χ2v) is 7.06. The molecule has 4 rings (SSSR count). The summed E-state index contributed by atoms with van der Waals surface area (Å²) in [5.74, 6) is 0.479. The van der Waals surface area contributed by atoms with E-state index in [0.29, 0.717) is 12.4 Å². The van der Waals surface area contributed by atoms with Gasteiger partial charge in [0.1, 0.15) is 18.0 Å². The van der Waals surface area contributed by atoms with Crippen LogP contribution in [0.5, 0.6) is 0 Å². The molecule has 130 valence electrons. The Bertz CT molecular complexity index is 1030. The Morgan fingerprint density at radius 2 is 1.88 bits per heavy atom. The number of nitrogens with two attached hydrogens (primary N) is 1. The van der Waals surface area contributed by atoms with Gasteiger partial charge in [-0.05, 0) is 35.2 Å². The molecule has 0 aliphatic heterocycles. The molecule has 4 aromatic rings. The summed E-state index contributed by atoms with van der Waals surface area (Å²) in [7, 11) is 0. The molecule has 1 unspecified atom stereocenters. The molecule has 1 atom stereocenters. The molecule has 0 spiro atoms. The molecule has 0 radical (unpaired) electrons. The van der Waals surface area contributed by atoms with Gasteiger partial charge in [0.2, 0.25) is 0 Å². The van der Waals surface area contributed by atoms with Crippen molar-refractivity contribution in [2.45, 2.75) is 6.04 Å². The summed E-state index contributed by atoms with van der Waals surface area (Å²) < 4.78 is 14.4. The second-order valence-electron chi connectivity index (χ2n) is 5.98. The minimum absolute atomic E-state index is 0.123. The number of rotatable bonds is 5. The van der Waals surface area contributed by atoms with Crippen molar-refractivity contribution in [2.24, 2.45) is 5.73 Å². The third-order valence-corrected chi connectivity index (χ3v) is 5.27. The lowest BCUT2D eigenvalue weighted by Gasteiger charge is -2.13. The van der Waals surface area contributed by atoms with Crippen LogP contribution in [0.25, 0.3) is 20.7 Å². The van der Waals surface area contributed by atoms with Crippen LogP contribution < -0.4 is 11.1 Å². The monoisotopic (exact) mass is 364 g/mol. The first-order valence-electron chi connectivity index (χ1n) is 8.25. The van der Waals surface area contributed by atoms with Gasteiger partial charge in [-0.3, -0.25) is 0 Å². The zero-order valence-electron chi connectivity index (χ0n) is 13.9. The summed E-state index contributed by atoms with van der Waals surface area (Å²) in [5.41, 5.74) is 8.09. The number of thiophene rings is 1. The summed E-state index contributed by atoms with van der Waals surface area (Å²) in [6.07, 6.45) is 1.52. The van der Waals surface area contributed by atoms with E-state index in [1.807, 2.05) is 42.5 Å². The summed E-state index contributed by atoms with van der Waals surface area (Å²) in [6.45, 7) is 0.568. The third kappa shape index (κ3) is 3.56. The van der Waals surface area contributed by atoms with E-state index in [1.165, 1.54) is 18.5 Å². The number of aromatic nitrogens is 2. The van der Waals surface area contributed by atoms with Crippen molar-refractivity contribution in [2.75, 3.05) is 11.9 Å². The minimum Gasteiger partial charge on any atom is -0.368 e. The first-order valence-corrected chi connectivity index (χ1v) is 9.06. The lowest BCUT2D eigenvalue weighted by molar-refractivity contribution is 0.630. The first kappa shape index (κ1) is 16.6. The number of hydrogen-bond acceptors (Lipinski definition) is 5. The van der Waals surface area contributed by atoms with Crippen molar-refractivity contribution in [3.05, 3.63) is 78.4 Å². The molecule has 4 nitrogen and oxygen atoms in total. The van der Waals surface area contributed by atoms with Crippen LogP contribution in [0.3, 0.4) is 0 Å². The fourth-order valence-electron chi connectivity index (χ4n) is 2.76. The summed E-state index contributed by atoms with van der Waals surface area (Å²) in [6, 6.07) is 18.4. The van der Waals surface area contributed by atoms with Gasteiger partial charge in [0.15, 0.2) is 0 Å². The highest BCUT2D eigenvalue weighted by molar-refractivity contribution is 7.22. The van der Waals surface area contributed by atoms with Crippen LogP contribution in [-0.4, -0.2) is 16.5 Å². The molecule has 0 fully saturated rings. The molecule has 0 saturated heterocycles. The molecular weight excluding hydrogens is 347 g/mol. The average Bonchev–Trinajstić information content (AvgIpc) is 3.10. The zero-order chi connectivity index (χ0) is 17.9. The van der Waals surface area contributed by atoms with Crippen LogP contribution >= 0.6 is 11.3 Å². The van der Waals surface area contributed by atoms with E-state index in [9.17, 15) is 4.39 Å². The maximum absolute atomic E-state index is 13.4. The van der Waals surface area contributed by atoms with Crippen LogP contribution in [0.4, 0.5) is 10.2 Å². The number of anilines is 1. The molecule has 0 amide bonds. The van der Waals surface area contributed by atoms with Crippen LogP contribution in [0.2, 0.25) is 0 Å². The summed E-state index contributed by atoms with van der Waals surface area (Å²) in [5, 5.41) is 4.14. The van der Waals surface area contributed by atoms with Gasteiger partial charge in [-0.15, -0.1) is 11.3 Å². The number of fused-ring (bicyclic) bond motifs is 1. The molecule has 0 aliphatic rings. The summed E-state index contributed by atoms with van der Waals surface area (Å²) >= 11 is 1.58. The maximum Gasteiger partial charge on any atom is 0.130 e. The average molecular weight is 364 g/mol. The van der Waals surface area contributed by atoms with E-state index < -0.39 is 0 Å². The molecular formula is C20H17FN4S. The number of nitrogens with one attached hydrogen (secondary N) is 1. The smallest absolute Gasteiger partial charge is 0.130 e. The van der Waals surface area contributed by atoms with Crippen LogP contribution in [-0.2, 0) is 0 Å². The van der Waals surface area contributed by atoms with E-state index in [1.54, 1.807) is 17.4 Å². The Morgan fingerprint density at radius 1 is 1.04 bits per heavy atom. The predicted octanol–water partition coefficient (Wildman–Crippen LogP) is 4.61. The van der Waals surface area contributed by atoms with Crippen molar-refractivity contribution in [3.8, 4) is 10.6 Å². The van der Waals surface area contributed by atoms with Gasteiger partial charge in [0, 0.05) is 23.4 Å². The molecule has 26 heavy (non-hydrogen) atoms. The van der Waals surface area contributed by atoms with Crippen molar-refractivity contribution in [3.63, 3.8) is 0 Å². The summed E-state index contributed by atoms with van der Waals surface area (Å²) in [4.78, 5) is 9.59. The lowest BCUT2D eigenvalue weighted by atomic mass is 10.1. The number of benzene rings is 2. The van der Waals surface area contributed by atoms with Gasteiger partial charge in [0.25, 0.3) is 0 Å². The largest absolute Gasteiger partial charge is 0.368 e. The Morgan fingerprint density at radius 3 is 2.73 bits per heavy atom. The van der Waals surface area contributed by atoms with E-state index >= 15 is 0 Å². The second kappa shape index (κ2) is 7.19. The highest BCUT2D eigenvalue weighted by Crippen LogP contribution is 2.33. The van der Waals surface area contributed by atoms with Crippen molar-refractivity contribution >= 4 is 27.2 Å². The van der Waals surface area contributed by atoms with Gasteiger partial charge < -0.3 is 11.1 Å². The SMILES string of the molecule is NC(CNc1cc(-c2cc3cc(F)ccc3s2)ncn1)c1ccccc1. The van der Waals surface area contributed by atoms with Crippen LogP contribution in [0.15, 0.2) is 67.0 Å². The maximum atomic E-state index is 13.4. The van der Waals surface area contributed by atoms with Gasteiger partial charge in [0.05, 0.1) is 10.6 Å². The van der Waals surface area contributed by atoms with Crippen molar-refractivity contribution in [1.29, 1.82) is 0 Å². The molecule has 3 N–H and O–H groups in total. The molecule has 0 aliphatic carbocycles. The van der Waals surface area contributed by atoms with E-state index in [0.717, 1.165) is 26.2 Å². The van der Waals surface area contributed by atoms with Crippen LogP contribution in [0.1, 0.15) is 11.6 Å². The molecule has 6 heteroatoms. The van der Waals surface area contributed by atoms with Crippen LogP contribution in [0, 0.1) is 5.82 Å². The van der Waals surface area contributed by atoms with Crippen molar-refractivity contribution in [1.82, 2.24) is 9.97 Å². The molecule has 0 saturated carbocycles. The molecule has 2 aromatic carbocycles. The normalized spacial score (nSPS) is 12.2. The third-order valence-electron chi connectivity index (χ3n) is 4.13. The Labute approximate surface area is 154 Å². The lowest BCUT2D eigenvalue weighted by Crippen LogP contribution is -2.20. The van der Waals surface area contributed by atoms with E-state index in [2.05, 4.69) is 15.3 Å². The fraction of sp³-hybridized carbons (Fsp3) is 0.100. The molecule has 2 aromatic heterocycles. The Hall–Kier alpha value is -2.83. The van der Waals surface area contributed by atoms with E-state index in [-0.39, 0.29) is 11.9 Å². The fourth-order valence-corrected chi connectivity index (χ4v) is 3.77. The minimum atomic E-state index is -0.234. The Balaban J connectivity index is 1.52. The number of nitrogens with zero attached hydrogens (tertiary/aromatic N) is 2. The van der Waals surface area contributed by atoms with Gasteiger partial charge >= 0.3 is 0 Å². The highest BCUT2D eigenvalue weighted by Gasteiger charge is 2.09. The van der Waals surface area contributed by atoms with E-state index in [4.69, 9.17) is 5.73 Å². The first-order chi connectivity index (χ1) is 12.7. The standard InChI is InChI=1S/C20H17FN4S/c21-15-6-7-18-14(8-15)9-19(26-18)17-10-20(25-12-24-17)23-11-16(22)13-4-2-1-3-5-13/h1-10,12,16H,11,22H2,(H,23,24,25). The quantitative estimate of drug-likeness (QED) is 0.543. The zero-order valence-corrected chi connectivity index (χ0v) is 14.7. The Kier molecular flexibility index (Phi) is 4.60. The van der Waals surface area contributed by atoms with Crippen molar-refractivity contribution < 1.29 is 4.39 Å². The number of halogens is 1. The van der Waals surface area contributed by atoms with Gasteiger partial charge in [-0.25, -0.2) is 14.4 Å². The molecule has 0 bridgehead atoms. The van der Waals surface area contributed by atoms with Gasteiger partial charge in [-0.1, -0.05) is 30.3 Å². The van der Waals surface area contributed by atoms with Gasteiger partial charge in [-0.2, -0.15) is 0 Å². The predicted molar refractivity (Wildman–Crippen MR) is 105 cm³/mol. The topological polar surface area (TPSA) is 63.8 Å². The highest BCUT2D eigenvalue weighted by atomic mass is 32.1. The number of hydrogen-bond donors (Lipinski definition) is 2. The molecule has 2 heterocycles.